The number of nitrogens with zero attached hydrogens (tertiary/aromatic N) is 1. The minimum atomic E-state index is -3.74. The average Bonchev–Trinajstić information content (AvgIpc) is 3.04. The fraction of sp³-hybridized carbons (Fsp3) is 0.381. The second kappa shape index (κ2) is 9.90. The Hall–Kier alpha value is -2.27. The summed E-state index contributed by atoms with van der Waals surface area (Å²) in [4.78, 5) is 12.7. The van der Waals surface area contributed by atoms with Gasteiger partial charge in [0.1, 0.15) is 0 Å². The standard InChI is InChI=1S/C21H27N3O5S2/c22-30(26,27)19-10-8-17(9-11-19)12-13-23-21(25)18-6-5-7-20(16-18)31(28,29)24-14-3-1-2-4-15-24/h5-11,16H,1-4,12-15H2,(H,23,25)(H2,22,26,27). The normalized spacial score (nSPS) is 15.9. The van der Waals surface area contributed by atoms with Crippen LogP contribution >= 0.6 is 0 Å². The van der Waals surface area contributed by atoms with E-state index in [2.05, 4.69) is 5.32 Å². The molecule has 31 heavy (non-hydrogen) atoms. The monoisotopic (exact) mass is 465 g/mol. The number of benzene rings is 2. The summed E-state index contributed by atoms with van der Waals surface area (Å²) >= 11 is 0. The molecular weight excluding hydrogens is 438 g/mol. The Morgan fingerprint density at radius 2 is 1.55 bits per heavy atom. The van der Waals surface area contributed by atoms with Crippen LogP contribution in [0.25, 0.3) is 0 Å². The first-order valence-electron chi connectivity index (χ1n) is 10.2. The van der Waals surface area contributed by atoms with E-state index in [4.69, 9.17) is 5.14 Å². The highest BCUT2D eigenvalue weighted by atomic mass is 32.2. The number of carbonyl (C=O) groups excluding carboxylic acids is 1. The molecule has 1 amide bonds. The molecule has 8 nitrogen and oxygen atoms in total. The quantitative estimate of drug-likeness (QED) is 0.645. The van der Waals surface area contributed by atoms with E-state index in [-0.39, 0.29) is 21.3 Å². The molecule has 3 N–H and O–H groups in total. The van der Waals surface area contributed by atoms with Crippen molar-refractivity contribution in [2.45, 2.75) is 41.9 Å². The summed E-state index contributed by atoms with van der Waals surface area (Å²) in [6, 6.07) is 12.2. The molecule has 0 saturated carbocycles. The average molecular weight is 466 g/mol. The minimum absolute atomic E-state index is 0.0303. The third kappa shape index (κ3) is 6.13. The van der Waals surface area contributed by atoms with Crippen LogP contribution in [0, 0.1) is 0 Å². The molecule has 168 valence electrons. The largest absolute Gasteiger partial charge is 0.352 e. The lowest BCUT2D eigenvalue weighted by molar-refractivity contribution is 0.0954. The van der Waals surface area contributed by atoms with Crippen molar-refractivity contribution in [3.63, 3.8) is 0 Å². The summed E-state index contributed by atoms with van der Waals surface area (Å²) in [5, 5.41) is 7.85. The van der Waals surface area contributed by atoms with Crippen LogP contribution in [-0.2, 0) is 26.5 Å². The van der Waals surface area contributed by atoms with E-state index in [9.17, 15) is 21.6 Å². The van der Waals surface area contributed by atoms with Gasteiger partial charge in [-0.15, -0.1) is 0 Å². The first-order valence-corrected chi connectivity index (χ1v) is 13.2. The van der Waals surface area contributed by atoms with Gasteiger partial charge in [-0.25, -0.2) is 22.0 Å². The van der Waals surface area contributed by atoms with Crippen molar-refractivity contribution in [1.29, 1.82) is 0 Å². The molecule has 2 aromatic carbocycles. The zero-order chi connectivity index (χ0) is 22.5. The number of carbonyl (C=O) groups is 1. The zero-order valence-corrected chi connectivity index (χ0v) is 18.8. The van der Waals surface area contributed by atoms with Crippen molar-refractivity contribution in [3.8, 4) is 0 Å². The Balaban J connectivity index is 1.62. The highest BCUT2D eigenvalue weighted by molar-refractivity contribution is 7.89. The lowest BCUT2D eigenvalue weighted by Gasteiger charge is -2.20. The molecule has 1 fully saturated rings. The van der Waals surface area contributed by atoms with E-state index < -0.39 is 20.0 Å². The molecule has 1 saturated heterocycles. The third-order valence-electron chi connectivity index (χ3n) is 5.25. The van der Waals surface area contributed by atoms with Crippen LogP contribution in [-0.4, -0.2) is 46.7 Å². The van der Waals surface area contributed by atoms with E-state index in [1.54, 1.807) is 24.3 Å². The van der Waals surface area contributed by atoms with Crippen LogP contribution in [0.15, 0.2) is 58.3 Å². The maximum atomic E-state index is 13.0. The number of rotatable bonds is 7. The van der Waals surface area contributed by atoms with Gasteiger partial charge in [0.25, 0.3) is 5.91 Å². The molecule has 0 spiro atoms. The van der Waals surface area contributed by atoms with Crippen molar-refractivity contribution in [3.05, 3.63) is 59.7 Å². The van der Waals surface area contributed by atoms with Gasteiger partial charge in [-0.1, -0.05) is 31.0 Å². The van der Waals surface area contributed by atoms with Gasteiger partial charge < -0.3 is 5.32 Å². The molecule has 2 aromatic rings. The molecule has 10 heteroatoms. The highest BCUT2D eigenvalue weighted by Crippen LogP contribution is 2.21. The predicted molar refractivity (Wildman–Crippen MR) is 118 cm³/mol. The van der Waals surface area contributed by atoms with Crippen molar-refractivity contribution in [1.82, 2.24) is 9.62 Å². The fourth-order valence-electron chi connectivity index (χ4n) is 3.50. The van der Waals surface area contributed by atoms with E-state index in [1.807, 2.05) is 0 Å². The summed E-state index contributed by atoms with van der Waals surface area (Å²) in [5.41, 5.74) is 1.12. The number of sulfonamides is 2. The van der Waals surface area contributed by atoms with Gasteiger partial charge in [0, 0.05) is 25.2 Å². The molecule has 0 atom stereocenters. The molecule has 0 bridgehead atoms. The number of primary sulfonamides is 1. The van der Waals surface area contributed by atoms with E-state index in [0.717, 1.165) is 31.2 Å². The molecule has 0 aromatic heterocycles. The van der Waals surface area contributed by atoms with Crippen LogP contribution in [0.2, 0.25) is 0 Å². The second-order valence-corrected chi connectivity index (χ2v) is 11.0. The summed E-state index contributed by atoms with van der Waals surface area (Å²) in [5.74, 6) is -0.367. The van der Waals surface area contributed by atoms with E-state index >= 15 is 0 Å². The zero-order valence-electron chi connectivity index (χ0n) is 17.2. The van der Waals surface area contributed by atoms with Crippen molar-refractivity contribution in [2.75, 3.05) is 19.6 Å². The van der Waals surface area contributed by atoms with Gasteiger partial charge in [0.05, 0.1) is 9.79 Å². The Bertz CT molecular complexity index is 1120. The van der Waals surface area contributed by atoms with Gasteiger partial charge in [-0.2, -0.15) is 4.31 Å². The van der Waals surface area contributed by atoms with Crippen LogP contribution in [0.1, 0.15) is 41.6 Å². The number of amides is 1. The maximum Gasteiger partial charge on any atom is 0.251 e. The third-order valence-corrected chi connectivity index (χ3v) is 8.07. The number of nitrogens with two attached hydrogens (primary N) is 1. The topological polar surface area (TPSA) is 127 Å². The van der Waals surface area contributed by atoms with Gasteiger partial charge in [-0.3, -0.25) is 4.79 Å². The van der Waals surface area contributed by atoms with Crippen molar-refractivity contribution in [2.24, 2.45) is 5.14 Å². The lowest BCUT2D eigenvalue weighted by atomic mass is 10.1. The first-order chi connectivity index (χ1) is 14.7. The summed E-state index contributed by atoms with van der Waals surface area (Å²) in [7, 11) is -7.37. The number of hydrogen-bond donors (Lipinski definition) is 2. The summed E-state index contributed by atoms with van der Waals surface area (Å²) < 4.78 is 50.0. The highest BCUT2D eigenvalue weighted by Gasteiger charge is 2.25. The van der Waals surface area contributed by atoms with Gasteiger partial charge >= 0.3 is 0 Å². The summed E-state index contributed by atoms with van der Waals surface area (Å²) in [6.45, 7) is 1.32. The van der Waals surface area contributed by atoms with Crippen LogP contribution in [0.3, 0.4) is 0 Å². The van der Waals surface area contributed by atoms with Crippen molar-refractivity contribution >= 4 is 26.0 Å². The Morgan fingerprint density at radius 1 is 0.903 bits per heavy atom. The smallest absolute Gasteiger partial charge is 0.251 e. The molecule has 1 heterocycles. The fourth-order valence-corrected chi connectivity index (χ4v) is 5.58. The minimum Gasteiger partial charge on any atom is -0.352 e. The molecule has 1 aliphatic rings. The van der Waals surface area contributed by atoms with Crippen LogP contribution in [0.5, 0.6) is 0 Å². The molecule has 0 radical (unpaired) electrons. The van der Waals surface area contributed by atoms with Gasteiger partial charge in [0.2, 0.25) is 20.0 Å². The Morgan fingerprint density at radius 3 is 2.16 bits per heavy atom. The SMILES string of the molecule is NS(=O)(=O)c1ccc(CCNC(=O)c2cccc(S(=O)(=O)N3CCCCCC3)c2)cc1. The maximum absolute atomic E-state index is 13.0. The van der Waals surface area contributed by atoms with E-state index in [1.165, 1.54) is 28.6 Å². The number of hydrogen-bond acceptors (Lipinski definition) is 5. The summed E-state index contributed by atoms with van der Waals surface area (Å²) in [6.07, 6.45) is 4.23. The van der Waals surface area contributed by atoms with Gasteiger partial charge in [0.15, 0.2) is 0 Å². The van der Waals surface area contributed by atoms with Crippen LogP contribution < -0.4 is 10.5 Å². The Labute approximate surface area is 183 Å². The molecule has 0 aliphatic carbocycles. The Kier molecular flexibility index (Phi) is 7.47. The van der Waals surface area contributed by atoms with Gasteiger partial charge in [-0.05, 0) is 55.2 Å². The molecule has 3 rings (SSSR count). The first kappa shape index (κ1) is 23.4. The molecular formula is C21H27N3O5S2. The molecule has 1 aliphatic heterocycles. The predicted octanol–water partition coefficient (Wildman–Crippen LogP) is 1.87. The lowest BCUT2D eigenvalue weighted by Crippen LogP contribution is -2.32. The molecule has 0 unspecified atom stereocenters. The second-order valence-electron chi connectivity index (χ2n) is 7.54. The van der Waals surface area contributed by atoms with Crippen molar-refractivity contribution < 1.29 is 21.6 Å². The van der Waals surface area contributed by atoms with E-state index in [0.29, 0.717) is 26.1 Å². The number of nitrogens with one attached hydrogen (secondary N) is 1. The van der Waals surface area contributed by atoms with Crippen LogP contribution in [0.4, 0.5) is 0 Å².